The Morgan fingerprint density at radius 2 is 1.80 bits per heavy atom. The molecule has 1 aromatic heterocycles. The van der Waals surface area contributed by atoms with E-state index in [0.717, 1.165) is 18.4 Å². The smallest absolute Gasteiger partial charge is 0.410 e. The number of hydrogen-bond donors (Lipinski definition) is 1. The summed E-state index contributed by atoms with van der Waals surface area (Å²) in [6.07, 6.45) is 5.24. The Balaban J connectivity index is 1.81. The third kappa shape index (κ3) is 4.29. The van der Waals surface area contributed by atoms with Crippen molar-refractivity contribution in [3.05, 3.63) is 59.4 Å². The number of carbonyl (C=O) groups excluding carboxylic acids is 1. The SMILES string of the molecule is CC(C)(C)OC(=O)N1CCC(=C(c2ccccc2)c2cn[nH]c2)CC1. The van der Waals surface area contributed by atoms with Crippen LogP contribution < -0.4 is 0 Å². The molecule has 1 aliphatic heterocycles. The van der Waals surface area contributed by atoms with Gasteiger partial charge < -0.3 is 9.64 Å². The minimum absolute atomic E-state index is 0.226. The topological polar surface area (TPSA) is 58.2 Å². The van der Waals surface area contributed by atoms with E-state index >= 15 is 0 Å². The van der Waals surface area contributed by atoms with Crippen molar-refractivity contribution < 1.29 is 9.53 Å². The fourth-order valence-electron chi connectivity index (χ4n) is 3.10. The monoisotopic (exact) mass is 339 g/mol. The third-order valence-electron chi connectivity index (χ3n) is 4.22. The van der Waals surface area contributed by atoms with Gasteiger partial charge in [0.05, 0.1) is 6.20 Å². The Morgan fingerprint density at radius 1 is 1.12 bits per heavy atom. The molecule has 1 aliphatic rings. The standard InChI is InChI=1S/C20H25N3O2/c1-20(2,3)25-19(24)23-11-9-16(10-12-23)18(17-13-21-22-14-17)15-7-5-4-6-8-15/h4-8,13-14H,9-12H2,1-3H3,(H,21,22). The summed E-state index contributed by atoms with van der Waals surface area (Å²) in [5.74, 6) is 0. The van der Waals surface area contributed by atoms with Crippen molar-refractivity contribution in [3.8, 4) is 0 Å². The van der Waals surface area contributed by atoms with Crippen LogP contribution in [0.15, 0.2) is 48.3 Å². The highest BCUT2D eigenvalue weighted by molar-refractivity contribution is 5.82. The fraction of sp³-hybridized carbons (Fsp3) is 0.400. The van der Waals surface area contributed by atoms with Crippen molar-refractivity contribution >= 4 is 11.7 Å². The summed E-state index contributed by atoms with van der Waals surface area (Å²) >= 11 is 0. The third-order valence-corrected chi connectivity index (χ3v) is 4.22. The molecule has 2 heterocycles. The highest BCUT2D eigenvalue weighted by Gasteiger charge is 2.26. The molecule has 1 N–H and O–H groups in total. The Bertz CT molecular complexity index is 733. The maximum atomic E-state index is 12.3. The van der Waals surface area contributed by atoms with Gasteiger partial charge in [0.2, 0.25) is 0 Å². The van der Waals surface area contributed by atoms with Gasteiger partial charge in [-0.1, -0.05) is 35.9 Å². The second kappa shape index (κ2) is 7.13. The molecule has 132 valence electrons. The summed E-state index contributed by atoms with van der Waals surface area (Å²) in [4.78, 5) is 14.1. The van der Waals surface area contributed by atoms with Crippen LogP contribution in [0.25, 0.3) is 5.57 Å². The van der Waals surface area contributed by atoms with Crippen LogP contribution in [-0.4, -0.2) is 39.9 Å². The minimum Gasteiger partial charge on any atom is -0.444 e. The number of amides is 1. The number of aromatic nitrogens is 2. The molecular weight excluding hydrogens is 314 g/mol. The van der Waals surface area contributed by atoms with Gasteiger partial charge in [-0.25, -0.2) is 4.79 Å². The van der Waals surface area contributed by atoms with Crippen molar-refractivity contribution in [1.82, 2.24) is 15.1 Å². The van der Waals surface area contributed by atoms with Crippen molar-refractivity contribution in [2.75, 3.05) is 13.1 Å². The Kier molecular flexibility index (Phi) is 4.93. The molecule has 2 aromatic rings. The highest BCUT2D eigenvalue weighted by Crippen LogP contribution is 2.32. The molecule has 0 saturated carbocycles. The number of piperidine rings is 1. The Labute approximate surface area is 148 Å². The first kappa shape index (κ1) is 17.3. The zero-order valence-electron chi connectivity index (χ0n) is 15.1. The summed E-state index contributed by atoms with van der Waals surface area (Å²) in [5.41, 5.74) is 4.39. The van der Waals surface area contributed by atoms with Crippen LogP contribution >= 0.6 is 0 Å². The lowest BCUT2D eigenvalue weighted by molar-refractivity contribution is 0.0236. The number of hydrogen-bond acceptors (Lipinski definition) is 3. The second-order valence-electron chi connectivity index (χ2n) is 7.30. The van der Waals surface area contributed by atoms with E-state index in [1.165, 1.54) is 16.7 Å². The van der Waals surface area contributed by atoms with Gasteiger partial charge in [0.15, 0.2) is 0 Å². The zero-order valence-corrected chi connectivity index (χ0v) is 15.1. The van der Waals surface area contributed by atoms with E-state index in [0.29, 0.717) is 13.1 Å². The summed E-state index contributed by atoms with van der Waals surface area (Å²) in [6.45, 7) is 7.04. The number of nitrogens with one attached hydrogen (secondary N) is 1. The van der Waals surface area contributed by atoms with Gasteiger partial charge in [-0.2, -0.15) is 5.10 Å². The van der Waals surface area contributed by atoms with Crippen LogP contribution in [0.4, 0.5) is 4.79 Å². The number of nitrogens with zero attached hydrogens (tertiary/aromatic N) is 2. The van der Waals surface area contributed by atoms with Crippen molar-refractivity contribution in [2.45, 2.75) is 39.2 Å². The van der Waals surface area contributed by atoms with Gasteiger partial charge >= 0.3 is 6.09 Å². The van der Waals surface area contributed by atoms with Crippen LogP contribution in [0.2, 0.25) is 0 Å². The Hall–Kier alpha value is -2.56. The molecule has 0 aliphatic carbocycles. The molecule has 0 bridgehead atoms. The molecule has 1 saturated heterocycles. The van der Waals surface area contributed by atoms with E-state index in [9.17, 15) is 4.79 Å². The molecule has 0 radical (unpaired) electrons. The lowest BCUT2D eigenvalue weighted by Crippen LogP contribution is -2.40. The predicted molar refractivity (Wildman–Crippen MR) is 98.1 cm³/mol. The van der Waals surface area contributed by atoms with E-state index in [4.69, 9.17) is 4.74 Å². The summed E-state index contributed by atoms with van der Waals surface area (Å²) in [7, 11) is 0. The quantitative estimate of drug-likeness (QED) is 0.890. The van der Waals surface area contributed by atoms with E-state index in [-0.39, 0.29) is 6.09 Å². The van der Waals surface area contributed by atoms with E-state index < -0.39 is 5.60 Å². The number of aromatic amines is 1. The van der Waals surface area contributed by atoms with Crippen LogP contribution in [0.5, 0.6) is 0 Å². The first-order chi connectivity index (χ1) is 11.9. The summed E-state index contributed by atoms with van der Waals surface area (Å²) in [6, 6.07) is 10.4. The van der Waals surface area contributed by atoms with Crippen molar-refractivity contribution in [3.63, 3.8) is 0 Å². The fourth-order valence-corrected chi connectivity index (χ4v) is 3.10. The van der Waals surface area contributed by atoms with E-state index in [2.05, 4.69) is 22.3 Å². The number of benzene rings is 1. The maximum Gasteiger partial charge on any atom is 0.410 e. The predicted octanol–water partition coefficient (Wildman–Crippen LogP) is 4.24. The summed E-state index contributed by atoms with van der Waals surface area (Å²) in [5, 5.41) is 7.01. The largest absolute Gasteiger partial charge is 0.444 e. The molecule has 1 amide bonds. The molecule has 3 rings (SSSR count). The van der Waals surface area contributed by atoms with E-state index in [1.807, 2.05) is 51.4 Å². The number of likely N-dealkylation sites (tertiary alicyclic amines) is 1. The van der Waals surface area contributed by atoms with Gasteiger partial charge in [-0.05, 0) is 44.7 Å². The van der Waals surface area contributed by atoms with E-state index in [1.54, 1.807) is 4.90 Å². The average Bonchev–Trinajstić information content (AvgIpc) is 3.09. The molecule has 5 nitrogen and oxygen atoms in total. The number of rotatable bonds is 2. The lowest BCUT2D eigenvalue weighted by Gasteiger charge is -2.32. The van der Waals surface area contributed by atoms with Crippen LogP contribution in [0, 0.1) is 0 Å². The van der Waals surface area contributed by atoms with Crippen LogP contribution in [-0.2, 0) is 4.74 Å². The molecule has 0 atom stereocenters. The number of H-pyrrole nitrogens is 1. The van der Waals surface area contributed by atoms with Gasteiger partial charge in [0.1, 0.15) is 5.60 Å². The number of ether oxygens (including phenoxy) is 1. The molecular formula is C20H25N3O2. The molecule has 1 fully saturated rings. The van der Waals surface area contributed by atoms with Gasteiger partial charge in [0.25, 0.3) is 0 Å². The second-order valence-corrected chi connectivity index (χ2v) is 7.30. The average molecular weight is 339 g/mol. The molecule has 1 aromatic carbocycles. The maximum absolute atomic E-state index is 12.3. The van der Waals surface area contributed by atoms with Crippen LogP contribution in [0.1, 0.15) is 44.7 Å². The molecule has 5 heteroatoms. The molecule has 25 heavy (non-hydrogen) atoms. The van der Waals surface area contributed by atoms with Crippen molar-refractivity contribution in [2.24, 2.45) is 0 Å². The minimum atomic E-state index is -0.459. The van der Waals surface area contributed by atoms with Crippen LogP contribution in [0.3, 0.4) is 0 Å². The normalized spacial score (nSPS) is 15.2. The van der Waals surface area contributed by atoms with Gasteiger partial charge in [-0.15, -0.1) is 0 Å². The Morgan fingerprint density at radius 3 is 2.36 bits per heavy atom. The first-order valence-electron chi connectivity index (χ1n) is 8.68. The highest BCUT2D eigenvalue weighted by atomic mass is 16.6. The molecule has 0 spiro atoms. The zero-order chi connectivity index (χ0) is 17.9. The van der Waals surface area contributed by atoms with Gasteiger partial charge in [-0.3, -0.25) is 5.10 Å². The molecule has 0 unspecified atom stereocenters. The number of carbonyl (C=O) groups is 1. The van der Waals surface area contributed by atoms with Crippen molar-refractivity contribution in [1.29, 1.82) is 0 Å². The summed E-state index contributed by atoms with van der Waals surface area (Å²) < 4.78 is 5.49. The lowest BCUT2D eigenvalue weighted by atomic mass is 9.90. The van der Waals surface area contributed by atoms with Gasteiger partial charge in [0, 0.05) is 24.8 Å². The first-order valence-corrected chi connectivity index (χ1v) is 8.68.